The Morgan fingerprint density at radius 2 is 2.00 bits per heavy atom. The molecular weight excluding hydrogens is 287 g/mol. The molecule has 2 nitrogen and oxygen atoms in total. The first kappa shape index (κ1) is 14.6. The molecule has 1 aromatic carbocycles. The van der Waals surface area contributed by atoms with E-state index in [1.54, 1.807) is 13.0 Å². The predicted octanol–water partition coefficient (Wildman–Crippen LogP) is 4.14. The van der Waals surface area contributed by atoms with E-state index in [4.69, 9.17) is 9.47 Å². The van der Waals surface area contributed by atoms with Crippen molar-refractivity contribution in [1.29, 1.82) is 0 Å². The number of rotatable bonds is 5. The van der Waals surface area contributed by atoms with Crippen LogP contribution in [0.5, 0.6) is 0 Å². The van der Waals surface area contributed by atoms with Gasteiger partial charge in [-0.15, -0.1) is 0 Å². The number of benzene rings is 1. The standard InChI is InChI=1S/C13H18BrFO2/c1-5-16-8-17-13(3,4)10-6-9(2)12(15)7-11(10)14/h6-7H,5,8H2,1-4H3. The third kappa shape index (κ3) is 3.76. The fourth-order valence-corrected chi connectivity index (χ4v) is 2.26. The van der Waals surface area contributed by atoms with Gasteiger partial charge in [0.1, 0.15) is 12.6 Å². The molecule has 0 aromatic heterocycles. The van der Waals surface area contributed by atoms with Crippen LogP contribution in [0.4, 0.5) is 4.39 Å². The third-order valence-corrected chi connectivity index (χ3v) is 3.26. The van der Waals surface area contributed by atoms with Gasteiger partial charge in [-0.2, -0.15) is 0 Å². The van der Waals surface area contributed by atoms with Crippen molar-refractivity contribution in [3.05, 3.63) is 33.5 Å². The molecule has 0 aliphatic rings. The van der Waals surface area contributed by atoms with Gasteiger partial charge in [0.05, 0.1) is 5.60 Å². The van der Waals surface area contributed by atoms with Crippen LogP contribution in [0.25, 0.3) is 0 Å². The molecule has 96 valence electrons. The van der Waals surface area contributed by atoms with E-state index in [0.717, 1.165) is 5.56 Å². The number of aryl methyl sites for hydroxylation is 1. The monoisotopic (exact) mass is 304 g/mol. The molecule has 0 aliphatic heterocycles. The van der Waals surface area contributed by atoms with Gasteiger partial charge in [-0.3, -0.25) is 0 Å². The Bertz CT molecular complexity index is 391. The summed E-state index contributed by atoms with van der Waals surface area (Å²) in [5.41, 5.74) is 0.999. The van der Waals surface area contributed by atoms with Crippen molar-refractivity contribution in [2.45, 2.75) is 33.3 Å². The number of halogens is 2. The first-order chi connectivity index (χ1) is 7.88. The van der Waals surface area contributed by atoms with E-state index in [-0.39, 0.29) is 12.6 Å². The predicted molar refractivity (Wildman–Crippen MR) is 69.4 cm³/mol. The van der Waals surface area contributed by atoms with Crippen LogP contribution >= 0.6 is 15.9 Å². The third-order valence-electron chi connectivity index (χ3n) is 2.60. The summed E-state index contributed by atoms with van der Waals surface area (Å²) in [4.78, 5) is 0. The number of hydrogen-bond donors (Lipinski definition) is 0. The highest BCUT2D eigenvalue weighted by Crippen LogP contribution is 2.33. The van der Waals surface area contributed by atoms with Gasteiger partial charge in [-0.1, -0.05) is 15.9 Å². The van der Waals surface area contributed by atoms with Crippen LogP contribution in [-0.2, 0) is 15.1 Å². The smallest absolute Gasteiger partial charge is 0.147 e. The zero-order valence-corrected chi connectivity index (χ0v) is 12.2. The van der Waals surface area contributed by atoms with Crippen LogP contribution in [0.3, 0.4) is 0 Å². The topological polar surface area (TPSA) is 18.5 Å². The molecule has 1 aromatic rings. The van der Waals surface area contributed by atoms with Crippen LogP contribution in [0.15, 0.2) is 16.6 Å². The maximum Gasteiger partial charge on any atom is 0.147 e. The summed E-state index contributed by atoms with van der Waals surface area (Å²) in [6.45, 7) is 8.36. The average Bonchev–Trinajstić information content (AvgIpc) is 2.23. The van der Waals surface area contributed by atoms with Crippen LogP contribution < -0.4 is 0 Å². The van der Waals surface area contributed by atoms with Crippen LogP contribution in [-0.4, -0.2) is 13.4 Å². The first-order valence-corrected chi connectivity index (χ1v) is 6.35. The summed E-state index contributed by atoms with van der Waals surface area (Å²) in [7, 11) is 0. The minimum Gasteiger partial charge on any atom is -0.356 e. The number of ether oxygens (including phenoxy) is 2. The van der Waals surface area contributed by atoms with Crippen LogP contribution in [0.1, 0.15) is 31.9 Å². The van der Waals surface area contributed by atoms with E-state index in [9.17, 15) is 4.39 Å². The minimum absolute atomic E-state index is 0.221. The van der Waals surface area contributed by atoms with Gasteiger partial charge in [0.15, 0.2) is 0 Å². The lowest BCUT2D eigenvalue weighted by Gasteiger charge is -2.27. The molecule has 0 spiro atoms. The molecule has 0 amide bonds. The van der Waals surface area contributed by atoms with E-state index in [1.807, 2.05) is 20.8 Å². The highest BCUT2D eigenvalue weighted by atomic mass is 79.9. The Hall–Kier alpha value is -0.450. The SMILES string of the molecule is CCOCOC(C)(C)c1cc(C)c(F)cc1Br. The van der Waals surface area contributed by atoms with E-state index in [0.29, 0.717) is 16.6 Å². The van der Waals surface area contributed by atoms with Gasteiger partial charge in [0.2, 0.25) is 0 Å². The molecule has 1 rings (SSSR count). The largest absolute Gasteiger partial charge is 0.356 e. The summed E-state index contributed by atoms with van der Waals surface area (Å²) >= 11 is 3.37. The average molecular weight is 305 g/mol. The Kier molecular flexibility index (Phi) is 5.10. The molecule has 17 heavy (non-hydrogen) atoms. The molecule has 0 radical (unpaired) electrons. The molecule has 0 fully saturated rings. The van der Waals surface area contributed by atoms with Crippen molar-refractivity contribution in [3.8, 4) is 0 Å². The van der Waals surface area contributed by atoms with Crippen molar-refractivity contribution < 1.29 is 13.9 Å². The van der Waals surface area contributed by atoms with Crippen molar-refractivity contribution in [2.24, 2.45) is 0 Å². The van der Waals surface area contributed by atoms with Gasteiger partial charge in [-0.05, 0) is 51.0 Å². The zero-order chi connectivity index (χ0) is 13.1. The second-order valence-corrected chi connectivity index (χ2v) is 5.20. The second-order valence-electron chi connectivity index (χ2n) is 4.35. The van der Waals surface area contributed by atoms with E-state index < -0.39 is 5.60 Å². The molecule has 0 aliphatic carbocycles. The number of hydrogen-bond acceptors (Lipinski definition) is 2. The maximum atomic E-state index is 13.4. The molecule has 0 heterocycles. The Labute approximate surface area is 110 Å². The maximum absolute atomic E-state index is 13.4. The fourth-order valence-electron chi connectivity index (χ4n) is 1.47. The quantitative estimate of drug-likeness (QED) is 0.601. The summed E-state index contributed by atoms with van der Waals surface area (Å²) in [5.74, 6) is -0.221. The molecule has 0 bridgehead atoms. The van der Waals surface area contributed by atoms with E-state index in [2.05, 4.69) is 15.9 Å². The Balaban J connectivity index is 2.93. The lowest BCUT2D eigenvalue weighted by atomic mass is 9.96. The van der Waals surface area contributed by atoms with Crippen molar-refractivity contribution in [3.63, 3.8) is 0 Å². The first-order valence-electron chi connectivity index (χ1n) is 5.56. The van der Waals surface area contributed by atoms with Gasteiger partial charge in [0.25, 0.3) is 0 Å². The van der Waals surface area contributed by atoms with Gasteiger partial charge in [-0.25, -0.2) is 4.39 Å². The zero-order valence-electron chi connectivity index (χ0n) is 10.6. The van der Waals surface area contributed by atoms with Crippen molar-refractivity contribution >= 4 is 15.9 Å². The van der Waals surface area contributed by atoms with Crippen LogP contribution in [0.2, 0.25) is 0 Å². The van der Waals surface area contributed by atoms with Crippen LogP contribution in [0, 0.1) is 12.7 Å². The fraction of sp³-hybridized carbons (Fsp3) is 0.538. The molecule has 0 atom stereocenters. The Morgan fingerprint density at radius 3 is 2.59 bits per heavy atom. The highest BCUT2D eigenvalue weighted by molar-refractivity contribution is 9.10. The van der Waals surface area contributed by atoms with E-state index >= 15 is 0 Å². The molecule has 0 unspecified atom stereocenters. The summed E-state index contributed by atoms with van der Waals surface area (Å²) in [6, 6.07) is 3.27. The highest BCUT2D eigenvalue weighted by Gasteiger charge is 2.25. The molecular formula is C13H18BrFO2. The lowest BCUT2D eigenvalue weighted by Crippen LogP contribution is -2.24. The molecule has 0 N–H and O–H groups in total. The van der Waals surface area contributed by atoms with Gasteiger partial charge < -0.3 is 9.47 Å². The summed E-state index contributed by atoms with van der Waals surface area (Å²) in [5, 5.41) is 0. The normalized spacial score (nSPS) is 11.9. The van der Waals surface area contributed by atoms with Gasteiger partial charge in [0, 0.05) is 11.1 Å². The molecule has 0 saturated heterocycles. The Morgan fingerprint density at radius 1 is 1.35 bits per heavy atom. The van der Waals surface area contributed by atoms with Gasteiger partial charge >= 0.3 is 0 Å². The minimum atomic E-state index is -0.521. The second kappa shape index (κ2) is 5.94. The lowest BCUT2D eigenvalue weighted by molar-refractivity contribution is -0.129. The van der Waals surface area contributed by atoms with Crippen molar-refractivity contribution in [1.82, 2.24) is 0 Å². The summed E-state index contributed by atoms with van der Waals surface area (Å²) in [6.07, 6.45) is 0. The molecule has 4 heteroatoms. The van der Waals surface area contributed by atoms with Crippen molar-refractivity contribution in [2.75, 3.05) is 13.4 Å². The summed E-state index contributed by atoms with van der Waals surface area (Å²) < 4.78 is 24.9. The van der Waals surface area contributed by atoms with E-state index in [1.165, 1.54) is 6.07 Å². The molecule has 0 saturated carbocycles.